The highest BCUT2D eigenvalue weighted by Crippen LogP contribution is 2.31. The third-order valence-corrected chi connectivity index (χ3v) is 3.29. The maximum Gasteiger partial charge on any atom is 0.238 e. The van der Waals surface area contributed by atoms with Crippen molar-refractivity contribution in [3.8, 4) is 11.6 Å². The Morgan fingerprint density at radius 2 is 2.18 bits per heavy atom. The van der Waals surface area contributed by atoms with Crippen molar-refractivity contribution >= 4 is 44.3 Å². The van der Waals surface area contributed by atoms with Crippen molar-refractivity contribution in [1.82, 2.24) is 9.97 Å². The van der Waals surface area contributed by atoms with Gasteiger partial charge < -0.3 is 10.2 Å². The lowest BCUT2D eigenvalue weighted by Gasteiger charge is -2.08. The minimum Gasteiger partial charge on any atom is -0.438 e. The molecule has 7 heteroatoms. The first-order valence-corrected chi connectivity index (χ1v) is 6.48. The van der Waals surface area contributed by atoms with E-state index in [0.29, 0.717) is 21.9 Å². The molecule has 1 aromatic carbocycles. The van der Waals surface area contributed by atoms with E-state index in [-0.39, 0.29) is 0 Å². The molecule has 3 N–H and O–H groups in total. The highest BCUT2D eigenvalue weighted by molar-refractivity contribution is 14.1. The molecule has 5 nitrogen and oxygen atoms in total. The topological polar surface area (TPSA) is 73.1 Å². The maximum atomic E-state index is 5.63. The molecule has 0 radical (unpaired) electrons. The lowest BCUT2D eigenvalue weighted by molar-refractivity contribution is 0.458. The summed E-state index contributed by atoms with van der Waals surface area (Å²) in [5, 5.41) is 0. The van der Waals surface area contributed by atoms with Gasteiger partial charge in [0.25, 0.3) is 0 Å². The number of hydrogen-bond acceptors (Lipinski definition) is 5. The number of hydrogen-bond donors (Lipinski definition) is 2. The van der Waals surface area contributed by atoms with Gasteiger partial charge in [0.1, 0.15) is 16.5 Å². The fraction of sp³-hybridized carbons (Fsp3) is 0. The Kier molecular flexibility index (Phi) is 4.13. The minimum atomic E-state index is 0.412. The van der Waals surface area contributed by atoms with E-state index in [2.05, 4.69) is 53.9 Å². The maximum absolute atomic E-state index is 5.63. The fourth-order valence-electron chi connectivity index (χ4n) is 1.17. The van der Waals surface area contributed by atoms with E-state index in [1.54, 1.807) is 0 Å². The third-order valence-electron chi connectivity index (χ3n) is 1.90. The molecule has 17 heavy (non-hydrogen) atoms. The summed E-state index contributed by atoms with van der Waals surface area (Å²) in [7, 11) is 0. The monoisotopic (exact) mass is 406 g/mol. The Morgan fingerprint density at radius 3 is 2.88 bits per heavy atom. The minimum absolute atomic E-state index is 0.412. The van der Waals surface area contributed by atoms with Gasteiger partial charge in [-0.25, -0.2) is 15.8 Å². The van der Waals surface area contributed by atoms with Crippen molar-refractivity contribution in [1.29, 1.82) is 0 Å². The molecule has 1 aromatic heterocycles. The summed E-state index contributed by atoms with van der Waals surface area (Å²) in [6, 6.07) is 7.65. The summed E-state index contributed by atoms with van der Waals surface area (Å²) in [6.07, 6.45) is 1.38. The van der Waals surface area contributed by atoms with Gasteiger partial charge in [-0.3, -0.25) is 0 Å². The summed E-state index contributed by atoms with van der Waals surface area (Å²) in [5.41, 5.74) is 2.45. The number of halogens is 2. The summed E-state index contributed by atoms with van der Waals surface area (Å²) in [4.78, 5) is 7.97. The molecule has 0 atom stereocenters. The predicted molar refractivity (Wildman–Crippen MR) is 76.8 cm³/mol. The zero-order valence-electron chi connectivity index (χ0n) is 8.52. The van der Waals surface area contributed by atoms with Crippen LogP contribution >= 0.6 is 38.5 Å². The molecule has 2 aromatic rings. The highest BCUT2D eigenvalue weighted by atomic mass is 127. The Hall–Kier alpha value is -0.930. The van der Waals surface area contributed by atoms with Crippen LogP contribution in [0.25, 0.3) is 0 Å². The van der Waals surface area contributed by atoms with Gasteiger partial charge in [0.15, 0.2) is 5.82 Å². The van der Waals surface area contributed by atoms with Gasteiger partial charge in [-0.1, -0.05) is 6.07 Å². The highest BCUT2D eigenvalue weighted by Gasteiger charge is 2.09. The van der Waals surface area contributed by atoms with Crippen LogP contribution in [0.3, 0.4) is 0 Å². The number of nitrogens with zero attached hydrogens (tertiary/aromatic N) is 2. The second-order valence-electron chi connectivity index (χ2n) is 3.05. The van der Waals surface area contributed by atoms with E-state index >= 15 is 0 Å². The Bertz CT molecular complexity index is 537. The number of nitrogens with two attached hydrogens (primary N) is 1. The molecule has 0 bridgehead atoms. The molecular formula is C10H8BrIN4O. The van der Waals surface area contributed by atoms with Gasteiger partial charge >= 0.3 is 0 Å². The number of nitrogen functional groups attached to an aromatic ring is 1. The van der Waals surface area contributed by atoms with Crippen molar-refractivity contribution < 1.29 is 4.74 Å². The molecule has 0 spiro atoms. The summed E-state index contributed by atoms with van der Waals surface area (Å²) >= 11 is 5.54. The van der Waals surface area contributed by atoms with Gasteiger partial charge in [0.05, 0.1) is 0 Å². The molecule has 0 fully saturated rings. The van der Waals surface area contributed by atoms with E-state index in [1.165, 1.54) is 6.33 Å². The molecule has 0 amide bonds. The van der Waals surface area contributed by atoms with E-state index in [9.17, 15) is 0 Å². The second kappa shape index (κ2) is 5.61. The molecule has 0 saturated carbocycles. The van der Waals surface area contributed by atoms with Gasteiger partial charge in [0.2, 0.25) is 5.88 Å². The Balaban J connectivity index is 2.30. The number of nitrogens with one attached hydrogen (secondary N) is 1. The van der Waals surface area contributed by atoms with Crippen molar-refractivity contribution in [3.05, 3.63) is 38.6 Å². The average Bonchev–Trinajstić information content (AvgIpc) is 2.32. The van der Waals surface area contributed by atoms with Crippen molar-refractivity contribution in [2.75, 3.05) is 5.43 Å². The largest absolute Gasteiger partial charge is 0.438 e. The van der Waals surface area contributed by atoms with Gasteiger partial charge in [0, 0.05) is 3.57 Å². The van der Waals surface area contributed by atoms with Crippen LogP contribution in [0.15, 0.2) is 35.1 Å². The molecule has 0 aliphatic rings. The summed E-state index contributed by atoms with van der Waals surface area (Å²) in [6.45, 7) is 0. The molecule has 88 valence electrons. The quantitative estimate of drug-likeness (QED) is 0.465. The lowest BCUT2D eigenvalue weighted by Crippen LogP contribution is -2.09. The predicted octanol–water partition coefficient (Wildman–Crippen LogP) is 2.92. The standard InChI is InChI=1S/C10H8BrIN4O/c11-8-9(16-13)14-5-15-10(8)17-7-3-1-2-6(12)4-7/h1-5H,13H2,(H,14,15,16). The first-order valence-electron chi connectivity index (χ1n) is 4.61. The van der Waals surface area contributed by atoms with E-state index in [1.807, 2.05) is 24.3 Å². The molecule has 1 heterocycles. The number of hydrazine groups is 1. The van der Waals surface area contributed by atoms with Crippen LogP contribution in [0.1, 0.15) is 0 Å². The first-order chi connectivity index (χ1) is 8.20. The molecule has 0 saturated heterocycles. The van der Waals surface area contributed by atoms with E-state index in [4.69, 9.17) is 10.6 Å². The van der Waals surface area contributed by atoms with Crippen molar-refractivity contribution in [3.63, 3.8) is 0 Å². The zero-order chi connectivity index (χ0) is 12.3. The normalized spacial score (nSPS) is 10.1. The molecule has 0 aliphatic carbocycles. The van der Waals surface area contributed by atoms with Crippen LogP contribution in [0.5, 0.6) is 11.6 Å². The van der Waals surface area contributed by atoms with E-state index < -0.39 is 0 Å². The summed E-state index contributed by atoms with van der Waals surface area (Å²) < 4.78 is 7.30. The second-order valence-corrected chi connectivity index (χ2v) is 5.08. The first kappa shape index (κ1) is 12.5. The molecular weight excluding hydrogens is 399 g/mol. The van der Waals surface area contributed by atoms with Crippen LogP contribution in [-0.2, 0) is 0 Å². The number of aromatic nitrogens is 2. The van der Waals surface area contributed by atoms with Crippen molar-refractivity contribution in [2.45, 2.75) is 0 Å². The fourth-order valence-corrected chi connectivity index (χ4v) is 2.08. The molecule has 0 aliphatic heterocycles. The number of rotatable bonds is 3. The SMILES string of the molecule is NNc1ncnc(Oc2cccc(I)c2)c1Br. The van der Waals surface area contributed by atoms with Gasteiger partial charge in [-0.05, 0) is 56.7 Å². The van der Waals surface area contributed by atoms with Crippen molar-refractivity contribution in [2.24, 2.45) is 5.84 Å². The molecule has 2 rings (SSSR count). The van der Waals surface area contributed by atoms with Crippen LogP contribution in [0, 0.1) is 3.57 Å². The molecule has 0 unspecified atom stereocenters. The van der Waals surface area contributed by atoms with Crippen LogP contribution < -0.4 is 16.0 Å². The number of ether oxygens (including phenoxy) is 1. The zero-order valence-corrected chi connectivity index (χ0v) is 12.3. The van der Waals surface area contributed by atoms with E-state index in [0.717, 1.165) is 3.57 Å². The summed E-state index contributed by atoms with van der Waals surface area (Å²) in [5.74, 6) is 6.90. The Labute approximate surface area is 120 Å². The van der Waals surface area contributed by atoms with Crippen LogP contribution in [-0.4, -0.2) is 9.97 Å². The van der Waals surface area contributed by atoms with Gasteiger partial charge in [-0.2, -0.15) is 0 Å². The van der Waals surface area contributed by atoms with Crippen LogP contribution in [0.2, 0.25) is 0 Å². The average molecular weight is 407 g/mol. The Morgan fingerprint density at radius 1 is 1.35 bits per heavy atom. The smallest absolute Gasteiger partial charge is 0.238 e. The number of benzene rings is 1. The van der Waals surface area contributed by atoms with Gasteiger partial charge in [-0.15, -0.1) is 0 Å². The number of anilines is 1. The third kappa shape index (κ3) is 3.05. The van der Waals surface area contributed by atoms with Crippen LogP contribution in [0.4, 0.5) is 5.82 Å². The lowest BCUT2D eigenvalue weighted by atomic mass is 10.3.